The van der Waals surface area contributed by atoms with Gasteiger partial charge in [-0.05, 0) is 143 Å². The maximum absolute atomic E-state index is 4.65. The lowest BCUT2D eigenvalue weighted by atomic mass is 9.68. The summed E-state index contributed by atoms with van der Waals surface area (Å²) in [7, 11) is 0. The number of nitrogens with zero attached hydrogens (tertiary/aromatic N) is 3. The van der Waals surface area contributed by atoms with Gasteiger partial charge in [0.1, 0.15) is 4.83 Å². The van der Waals surface area contributed by atoms with Gasteiger partial charge in [-0.1, -0.05) is 157 Å². The normalized spacial score (nSPS) is 12.5. The molecule has 0 spiro atoms. The van der Waals surface area contributed by atoms with Gasteiger partial charge < -0.3 is 9.80 Å². The summed E-state index contributed by atoms with van der Waals surface area (Å²) in [6, 6.07) is 84.7. The maximum atomic E-state index is 4.65. The first-order chi connectivity index (χ1) is 32.5. The Balaban J connectivity index is 0.918. The minimum atomic E-state index is -0.444. The van der Waals surface area contributed by atoms with E-state index in [-0.39, 0.29) is 0 Å². The second kappa shape index (κ2) is 16.2. The van der Waals surface area contributed by atoms with Crippen molar-refractivity contribution < 1.29 is 0 Å². The summed E-state index contributed by atoms with van der Waals surface area (Å²) in [6.45, 7) is 4.28. The molecule has 2 heterocycles. The molecule has 0 unspecified atom stereocenters. The number of rotatable bonds is 9. The topological polar surface area (TPSA) is 19.4 Å². The van der Waals surface area contributed by atoms with E-state index in [1.807, 2.05) is 12.3 Å². The summed E-state index contributed by atoms with van der Waals surface area (Å²) in [5.41, 5.74) is 18.7. The van der Waals surface area contributed by atoms with E-state index in [0.717, 1.165) is 50.1 Å². The molecule has 0 fully saturated rings. The summed E-state index contributed by atoms with van der Waals surface area (Å²) in [5, 5.41) is 2.44. The Bertz CT molecular complexity index is 3480. The SMILES string of the molecule is Cc1ccc(N(c2ccc(-c3ccc(N(c4ccc(C)cc4)c4ccc5c(c4)sc4ncccc45)cc3)cc2)c2ccc3c(c2)-c2ccccc2C3(c2ccccc2)c2ccccc2)cc1. The van der Waals surface area contributed by atoms with Gasteiger partial charge in [0, 0.05) is 55.8 Å². The van der Waals surface area contributed by atoms with Crippen molar-refractivity contribution >= 4 is 65.8 Å². The summed E-state index contributed by atoms with van der Waals surface area (Å²) in [4.78, 5) is 10.5. The predicted molar refractivity (Wildman–Crippen MR) is 279 cm³/mol. The number of hydrogen-bond acceptors (Lipinski definition) is 4. The third kappa shape index (κ3) is 6.60. The molecule has 0 radical (unpaired) electrons. The van der Waals surface area contributed by atoms with Crippen LogP contribution in [0.5, 0.6) is 0 Å². The lowest BCUT2D eigenvalue weighted by molar-refractivity contribution is 0.768. The molecule has 0 aliphatic heterocycles. The second-order valence-electron chi connectivity index (χ2n) is 17.3. The highest BCUT2D eigenvalue weighted by atomic mass is 32.1. The first-order valence-corrected chi connectivity index (χ1v) is 23.4. The van der Waals surface area contributed by atoms with Crippen LogP contribution in [0, 0.1) is 13.8 Å². The molecule has 0 atom stereocenters. The lowest BCUT2D eigenvalue weighted by Gasteiger charge is -2.34. The summed E-state index contributed by atoms with van der Waals surface area (Å²) >= 11 is 1.75. The average molecular weight is 864 g/mol. The van der Waals surface area contributed by atoms with Gasteiger partial charge >= 0.3 is 0 Å². The monoisotopic (exact) mass is 863 g/mol. The minimum absolute atomic E-state index is 0.444. The Morgan fingerprint density at radius 3 is 1.42 bits per heavy atom. The Hall–Kier alpha value is -8.05. The van der Waals surface area contributed by atoms with Crippen molar-refractivity contribution in [2.75, 3.05) is 9.80 Å². The summed E-state index contributed by atoms with van der Waals surface area (Å²) in [6.07, 6.45) is 1.88. The number of thiophene rings is 1. The van der Waals surface area contributed by atoms with Crippen LogP contribution in [0.1, 0.15) is 33.4 Å². The van der Waals surface area contributed by atoms with Gasteiger partial charge in [-0.25, -0.2) is 4.98 Å². The van der Waals surface area contributed by atoms with Crippen LogP contribution in [0.15, 0.2) is 237 Å². The van der Waals surface area contributed by atoms with E-state index < -0.39 is 5.41 Å². The number of aromatic nitrogens is 1. The van der Waals surface area contributed by atoms with Crippen molar-refractivity contribution in [2.24, 2.45) is 0 Å². The number of aryl methyl sites for hydroxylation is 2. The Morgan fingerprint density at radius 1 is 0.379 bits per heavy atom. The van der Waals surface area contributed by atoms with Gasteiger partial charge in [-0.2, -0.15) is 0 Å². The Kier molecular flexibility index (Phi) is 9.70. The molecule has 314 valence electrons. The average Bonchev–Trinajstić information content (AvgIpc) is 3.90. The van der Waals surface area contributed by atoms with Gasteiger partial charge in [-0.3, -0.25) is 0 Å². The highest BCUT2D eigenvalue weighted by Crippen LogP contribution is 2.57. The highest BCUT2D eigenvalue weighted by Gasteiger charge is 2.46. The maximum Gasteiger partial charge on any atom is 0.124 e. The van der Waals surface area contributed by atoms with Crippen LogP contribution in [0.3, 0.4) is 0 Å². The molecular weight excluding hydrogens is 819 g/mol. The number of fused-ring (bicyclic) bond motifs is 6. The van der Waals surface area contributed by atoms with E-state index in [1.54, 1.807) is 11.3 Å². The van der Waals surface area contributed by atoms with Crippen molar-refractivity contribution in [2.45, 2.75) is 19.3 Å². The Morgan fingerprint density at radius 2 is 0.848 bits per heavy atom. The zero-order valence-corrected chi connectivity index (χ0v) is 37.6. The molecule has 9 aromatic carbocycles. The van der Waals surface area contributed by atoms with Crippen molar-refractivity contribution in [3.8, 4) is 22.3 Å². The predicted octanol–water partition coefficient (Wildman–Crippen LogP) is 17.0. The fourth-order valence-electron chi connectivity index (χ4n) is 10.2. The molecule has 12 rings (SSSR count). The van der Waals surface area contributed by atoms with E-state index in [1.165, 1.54) is 60.0 Å². The molecular formula is C62H45N3S. The minimum Gasteiger partial charge on any atom is -0.310 e. The largest absolute Gasteiger partial charge is 0.310 e. The van der Waals surface area contributed by atoms with Gasteiger partial charge in [0.25, 0.3) is 0 Å². The van der Waals surface area contributed by atoms with Gasteiger partial charge in [0.2, 0.25) is 0 Å². The third-order valence-corrected chi connectivity index (χ3v) is 14.4. The molecule has 11 aromatic rings. The molecule has 0 bridgehead atoms. The van der Waals surface area contributed by atoms with E-state index in [0.29, 0.717) is 0 Å². The number of anilines is 6. The van der Waals surface area contributed by atoms with Gasteiger partial charge in [0.05, 0.1) is 5.41 Å². The van der Waals surface area contributed by atoms with E-state index in [9.17, 15) is 0 Å². The van der Waals surface area contributed by atoms with Crippen LogP contribution in [-0.4, -0.2) is 4.98 Å². The van der Waals surface area contributed by atoms with Gasteiger partial charge in [0.15, 0.2) is 0 Å². The summed E-state index contributed by atoms with van der Waals surface area (Å²) in [5.74, 6) is 0. The molecule has 1 aliphatic rings. The lowest BCUT2D eigenvalue weighted by Crippen LogP contribution is -2.28. The van der Waals surface area contributed by atoms with Crippen molar-refractivity contribution in [3.05, 3.63) is 270 Å². The Labute approximate surface area is 390 Å². The van der Waals surface area contributed by atoms with Crippen molar-refractivity contribution in [1.82, 2.24) is 4.98 Å². The quantitative estimate of drug-likeness (QED) is 0.144. The van der Waals surface area contributed by atoms with E-state index >= 15 is 0 Å². The molecule has 2 aromatic heterocycles. The first-order valence-electron chi connectivity index (χ1n) is 22.6. The second-order valence-corrected chi connectivity index (χ2v) is 18.4. The molecule has 4 heteroatoms. The number of benzene rings is 9. The van der Waals surface area contributed by atoms with E-state index in [2.05, 4.69) is 253 Å². The van der Waals surface area contributed by atoms with Crippen LogP contribution in [0.4, 0.5) is 34.1 Å². The molecule has 0 saturated carbocycles. The standard InChI is InChI=1S/C62H45N3S/c1-42-19-27-48(28-20-42)64(52-36-38-59-57(40-52)54-16-9-10-18-58(54)62(59,46-12-5-3-6-13-46)47-14-7-4-8-15-47)50-31-23-44(24-32-50)45-25-33-51(34-26-45)65(49-29-21-43(2)22-30-49)53-35-37-55-56-17-11-39-63-61(56)66-60(55)41-53/h3-41H,1-2H3. The van der Waals surface area contributed by atoms with Crippen LogP contribution >= 0.6 is 11.3 Å². The van der Waals surface area contributed by atoms with Crippen LogP contribution in [-0.2, 0) is 5.41 Å². The molecule has 0 N–H and O–H groups in total. The van der Waals surface area contributed by atoms with E-state index in [4.69, 9.17) is 0 Å². The molecule has 66 heavy (non-hydrogen) atoms. The van der Waals surface area contributed by atoms with Crippen LogP contribution < -0.4 is 9.80 Å². The zero-order valence-electron chi connectivity index (χ0n) is 36.8. The van der Waals surface area contributed by atoms with Crippen LogP contribution in [0.2, 0.25) is 0 Å². The zero-order chi connectivity index (χ0) is 44.2. The first kappa shape index (κ1) is 39.5. The van der Waals surface area contributed by atoms with Crippen LogP contribution in [0.25, 0.3) is 42.6 Å². The van der Waals surface area contributed by atoms with Crippen molar-refractivity contribution in [1.29, 1.82) is 0 Å². The number of pyridine rings is 1. The smallest absolute Gasteiger partial charge is 0.124 e. The molecule has 1 aliphatic carbocycles. The third-order valence-electron chi connectivity index (χ3n) is 13.4. The van der Waals surface area contributed by atoms with Crippen molar-refractivity contribution in [3.63, 3.8) is 0 Å². The summed E-state index contributed by atoms with van der Waals surface area (Å²) < 4.78 is 1.23. The molecule has 0 amide bonds. The fourth-order valence-corrected chi connectivity index (χ4v) is 11.3. The highest BCUT2D eigenvalue weighted by molar-refractivity contribution is 7.25. The molecule has 0 saturated heterocycles. The fraction of sp³-hybridized carbons (Fsp3) is 0.0484. The van der Waals surface area contributed by atoms with Gasteiger partial charge in [-0.15, -0.1) is 11.3 Å². The number of hydrogen-bond donors (Lipinski definition) is 0. The molecule has 3 nitrogen and oxygen atoms in total.